The molecule has 2 aromatic rings. The first-order valence-electron chi connectivity index (χ1n) is 6.27. The number of halogens is 6. The molecular formula is C15H10BrClF4O2. The van der Waals surface area contributed by atoms with Gasteiger partial charge in [0, 0.05) is 21.8 Å². The Kier molecular flexibility index (Phi) is 5.41. The van der Waals surface area contributed by atoms with Crippen LogP contribution in [0.15, 0.2) is 48.5 Å². The van der Waals surface area contributed by atoms with E-state index >= 15 is 0 Å². The van der Waals surface area contributed by atoms with Crippen molar-refractivity contribution in [3.8, 4) is 17.2 Å². The summed E-state index contributed by atoms with van der Waals surface area (Å²) >= 11 is 7.25. The molecular weight excluding hydrogens is 404 g/mol. The van der Waals surface area contributed by atoms with Gasteiger partial charge in [0.05, 0.1) is 0 Å². The lowest BCUT2D eigenvalue weighted by atomic mass is 10.2. The molecule has 8 heteroatoms. The third-order valence-corrected chi connectivity index (χ3v) is 3.48. The fourth-order valence-corrected chi connectivity index (χ4v) is 1.82. The maximum atomic E-state index is 13.1. The number of alkyl halides is 6. The molecule has 0 aliphatic carbocycles. The molecule has 0 heterocycles. The van der Waals surface area contributed by atoms with Crippen molar-refractivity contribution < 1.29 is 27.0 Å². The van der Waals surface area contributed by atoms with Crippen LogP contribution in [0.25, 0.3) is 0 Å². The van der Waals surface area contributed by atoms with E-state index in [1.54, 1.807) is 40.2 Å². The van der Waals surface area contributed by atoms with E-state index in [-0.39, 0.29) is 0 Å². The standard InChI is InChI=1S/C15H10BrClF4O2/c16-14(18,19)15(20,21)23-13-7-5-12(6-8-13)22-11-3-1-10(9-17)2-4-11/h1-8H,9H2. The summed E-state index contributed by atoms with van der Waals surface area (Å²) in [4.78, 5) is -4.47. The Hall–Kier alpha value is -1.47. The topological polar surface area (TPSA) is 18.5 Å². The van der Waals surface area contributed by atoms with Gasteiger partial charge in [0.1, 0.15) is 17.2 Å². The molecule has 0 radical (unpaired) electrons. The molecule has 0 bridgehead atoms. The highest BCUT2D eigenvalue weighted by Gasteiger charge is 2.57. The van der Waals surface area contributed by atoms with Crippen molar-refractivity contribution in [2.24, 2.45) is 0 Å². The number of ether oxygens (including phenoxy) is 2. The quantitative estimate of drug-likeness (QED) is 0.416. The third-order valence-electron chi connectivity index (χ3n) is 2.71. The zero-order valence-electron chi connectivity index (χ0n) is 11.4. The molecule has 0 saturated carbocycles. The minimum absolute atomic E-state index is 0.338. The Morgan fingerprint density at radius 3 is 1.70 bits per heavy atom. The summed E-state index contributed by atoms with van der Waals surface area (Å²) in [5.41, 5.74) is 0.917. The second-order valence-corrected chi connectivity index (χ2v) is 5.73. The van der Waals surface area contributed by atoms with Crippen molar-refractivity contribution in [3.05, 3.63) is 54.1 Å². The maximum Gasteiger partial charge on any atom is 0.475 e. The monoisotopic (exact) mass is 412 g/mol. The molecule has 0 fully saturated rings. The van der Waals surface area contributed by atoms with Crippen LogP contribution in [-0.4, -0.2) is 10.9 Å². The van der Waals surface area contributed by atoms with Crippen LogP contribution in [-0.2, 0) is 5.88 Å². The van der Waals surface area contributed by atoms with E-state index in [1.807, 2.05) is 0 Å². The third kappa shape index (κ3) is 4.75. The van der Waals surface area contributed by atoms with E-state index in [2.05, 4.69) is 4.74 Å². The molecule has 0 spiro atoms. The fraction of sp³-hybridized carbons (Fsp3) is 0.200. The van der Waals surface area contributed by atoms with Gasteiger partial charge >= 0.3 is 10.9 Å². The molecule has 124 valence electrons. The van der Waals surface area contributed by atoms with Gasteiger partial charge in [0.15, 0.2) is 0 Å². The summed E-state index contributed by atoms with van der Waals surface area (Å²) in [6, 6.07) is 11.8. The molecule has 0 saturated heterocycles. The summed E-state index contributed by atoms with van der Waals surface area (Å²) < 4.78 is 60.9. The second kappa shape index (κ2) is 6.97. The first kappa shape index (κ1) is 17.9. The van der Waals surface area contributed by atoms with Crippen LogP contribution in [0.2, 0.25) is 0 Å². The molecule has 0 aromatic heterocycles. The van der Waals surface area contributed by atoms with Crippen LogP contribution < -0.4 is 9.47 Å². The average Bonchev–Trinajstić information content (AvgIpc) is 2.48. The van der Waals surface area contributed by atoms with Crippen molar-refractivity contribution in [1.29, 1.82) is 0 Å². The second-order valence-electron chi connectivity index (χ2n) is 4.47. The van der Waals surface area contributed by atoms with Crippen LogP contribution in [0.5, 0.6) is 17.2 Å². The average molecular weight is 414 g/mol. The Morgan fingerprint density at radius 2 is 1.26 bits per heavy atom. The lowest BCUT2D eigenvalue weighted by Gasteiger charge is -2.21. The highest BCUT2D eigenvalue weighted by atomic mass is 79.9. The zero-order chi connectivity index (χ0) is 17.1. The number of hydrogen-bond acceptors (Lipinski definition) is 2. The van der Waals surface area contributed by atoms with E-state index in [0.29, 0.717) is 17.4 Å². The fourth-order valence-electron chi connectivity index (χ4n) is 1.56. The van der Waals surface area contributed by atoms with E-state index in [9.17, 15) is 17.6 Å². The highest BCUT2D eigenvalue weighted by molar-refractivity contribution is 9.10. The highest BCUT2D eigenvalue weighted by Crippen LogP contribution is 2.41. The molecule has 0 amide bonds. The van der Waals surface area contributed by atoms with E-state index in [1.165, 1.54) is 12.1 Å². The van der Waals surface area contributed by atoms with Crippen LogP contribution in [0.3, 0.4) is 0 Å². The predicted molar refractivity (Wildman–Crippen MR) is 82.0 cm³/mol. The largest absolute Gasteiger partial charge is 0.475 e. The van der Waals surface area contributed by atoms with Gasteiger partial charge in [-0.3, -0.25) is 0 Å². The normalized spacial score (nSPS) is 12.1. The lowest BCUT2D eigenvalue weighted by Crippen LogP contribution is -2.40. The van der Waals surface area contributed by atoms with Gasteiger partial charge in [-0.2, -0.15) is 17.6 Å². The molecule has 0 aliphatic heterocycles. The SMILES string of the molecule is FC(F)(Br)C(F)(F)Oc1ccc(Oc2ccc(CCl)cc2)cc1. The van der Waals surface area contributed by atoms with E-state index < -0.39 is 16.7 Å². The molecule has 23 heavy (non-hydrogen) atoms. The first-order chi connectivity index (χ1) is 10.7. The van der Waals surface area contributed by atoms with Gasteiger partial charge in [-0.05, 0) is 42.0 Å². The predicted octanol–water partition coefficient (Wildman–Crippen LogP) is 6.18. The molecule has 2 nitrogen and oxygen atoms in total. The molecule has 2 aromatic carbocycles. The Bertz CT molecular complexity index is 642. The van der Waals surface area contributed by atoms with Crippen molar-refractivity contribution in [3.63, 3.8) is 0 Å². The number of rotatable bonds is 6. The summed E-state index contributed by atoms with van der Waals surface area (Å²) in [6.07, 6.45) is -4.67. The number of benzene rings is 2. The van der Waals surface area contributed by atoms with Crippen LogP contribution in [0.4, 0.5) is 17.6 Å². The van der Waals surface area contributed by atoms with Gasteiger partial charge in [-0.1, -0.05) is 12.1 Å². The Labute approximate surface area is 143 Å². The van der Waals surface area contributed by atoms with Crippen molar-refractivity contribution in [2.45, 2.75) is 16.8 Å². The molecule has 0 aliphatic rings. The van der Waals surface area contributed by atoms with Crippen LogP contribution in [0, 0.1) is 0 Å². The zero-order valence-corrected chi connectivity index (χ0v) is 13.8. The molecule has 0 atom stereocenters. The number of hydrogen-bond donors (Lipinski definition) is 0. The minimum Gasteiger partial charge on any atom is -0.457 e. The van der Waals surface area contributed by atoms with Gasteiger partial charge < -0.3 is 9.47 Å². The van der Waals surface area contributed by atoms with Crippen molar-refractivity contribution in [2.75, 3.05) is 0 Å². The molecule has 0 unspecified atom stereocenters. The summed E-state index contributed by atoms with van der Waals surface area (Å²) in [5.74, 6) is 0.812. The molecule has 2 rings (SSSR count). The van der Waals surface area contributed by atoms with Crippen LogP contribution >= 0.6 is 27.5 Å². The Balaban J connectivity index is 2.04. The van der Waals surface area contributed by atoms with Gasteiger partial charge in [-0.25, -0.2) is 0 Å². The molecule has 0 N–H and O–H groups in total. The van der Waals surface area contributed by atoms with Gasteiger partial charge in [0.2, 0.25) is 0 Å². The van der Waals surface area contributed by atoms with Crippen LogP contribution in [0.1, 0.15) is 5.56 Å². The van der Waals surface area contributed by atoms with Gasteiger partial charge in [-0.15, -0.1) is 11.6 Å². The van der Waals surface area contributed by atoms with Gasteiger partial charge in [0.25, 0.3) is 0 Å². The summed E-state index contributed by atoms with van der Waals surface area (Å²) in [5, 5.41) is 0. The Morgan fingerprint density at radius 1 is 0.826 bits per heavy atom. The van der Waals surface area contributed by atoms with Crippen molar-refractivity contribution in [1.82, 2.24) is 0 Å². The first-order valence-corrected chi connectivity index (χ1v) is 7.60. The van der Waals surface area contributed by atoms with E-state index in [0.717, 1.165) is 17.7 Å². The van der Waals surface area contributed by atoms with E-state index in [4.69, 9.17) is 16.3 Å². The summed E-state index contributed by atoms with van der Waals surface area (Å²) in [6.45, 7) is 0. The van der Waals surface area contributed by atoms with Crippen molar-refractivity contribution >= 4 is 27.5 Å². The maximum absolute atomic E-state index is 13.1. The lowest BCUT2D eigenvalue weighted by molar-refractivity contribution is -0.266. The summed E-state index contributed by atoms with van der Waals surface area (Å²) in [7, 11) is 0. The minimum atomic E-state index is -4.67. The smallest absolute Gasteiger partial charge is 0.457 e.